The van der Waals surface area contributed by atoms with Crippen LogP contribution >= 0.6 is 0 Å². The summed E-state index contributed by atoms with van der Waals surface area (Å²) in [5, 5.41) is 0. The average molecular weight is 921 g/mol. The van der Waals surface area contributed by atoms with E-state index in [1.807, 2.05) is 0 Å². The molecule has 1 atom stereocenters. The lowest BCUT2D eigenvalue weighted by Crippen LogP contribution is -2.30. The Balaban J connectivity index is 4.41. The fourth-order valence-electron chi connectivity index (χ4n) is 7.86. The van der Waals surface area contributed by atoms with E-state index in [4.69, 9.17) is 14.2 Å². The van der Waals surface area contributed by atoms with Gasteiger partial charge in [-0.1, -0.05) is 261 Å². The molecule has 6 heteroatoms. The predicted molar refractivity (Wildman–Crippen MR) is 284 cm³/mol. The molecule has 0 aliphatic heterocycles. The van der Waals surface area contributed by atoms with Gasteiger partial charge in [0, 0.05) is 19.3 Å². The number of rotatable bonds is 50. The van der Waals surface area contributed by atoms with Crippen LogP contribution in [0.3, 0.4) is 0 Å². The van der Waals surface area contributed by atoms with Gasteiger partial charge in [-0.05, 0) is 64.2 Å². The summed E-state index contributed by atoms with van der Waals surface area (Å²) >= 11 is 0. The molecule has 0 heterocycles. The van der Waals surface area contributed by atoms with Crippen molar-refractivity contribution in [2.45, 2.75) is 277 Å². The Bertz CT molecular complexity index is 1240. The third-order valence-electron chi connectivity index (χ3n) is 12.1. The van der Waals surface area contributed by atoms with E-state index in [-0.39, 0.29) is 31.1 Å². The van der Waals surface area contributed by atoms with Gasteiger partial charge in [-0.3, -0.25) is 14.4 Å². The minimum atomic E-state index is -0.791. The van der Waals surface area contributed by atoms with E-state index in [0.717, 1.165) is 103 Å². The van der Waals surface area contributed by atoms with E-state index in [9.17, 15) is 14.4 Å². The molecule has 0 aliphatic carbocycles. The Hall–Kier alpha value is -3.15. The standard InChI is InChI=1S/C60H104O6/c1-4-7-10-13-16-19-22-25-27-29-31-32-35-38-41-44-47-50-53-59(62)65-56-57(55-64-58(61)52-49-46-43-40-37-34-24-21-18-15-12-9-6-3)66-60(63)54-51-48-45-42-39-36-33-30-28-26-23-20-17-14-11-8-5-2/h9,12,15,18,21-22,24-25,27,29,31-32,57H,4-8,10-11,13-14,16-17,19-20,23,26,28,30,33-56H2,1-3H3/b12-9+,18-15+,24-21+,25-22+,29-27+,32-31+. The van der Waals surface area contributed by atoms with Gasteiger partial charge in [0.15, 0.2) is 6.10 Å². The van der Waals surface area contributed by atoms with Crippen molar-refractivity contribution in [3.63, 3.8) is 0 Å². The van der Waals surface area contributed by atoms with Crippen LogP contribution in [0.5, 0.6) is 0 Å². The quantitative estimate of drug-likeness (QED) is 0.0262. The van der Waals surface area contributed by atoms with E-state index in [0.29, 0.717) is 19.3 Å². The number of hydrogen-bond acceptors (Lipinski definition) is 6. The summed E-state index contributed by atoms with van der Waals surface area (Å²) in [6.45, 7) is 6.48. The van der Waals surface area contributed by atoms with Gasteiger partial charge in [0.1, 0.15) is 13.2 Å². The lowest BCUT2D eigenvalue weighted by Gasteiger charge is -2.18. The maximum absolute atomic E-state index is 12.8. The first-order valence-corrected chi connectivity index (χ1v) is 28.0. The highest BCUT2D eigenvalue weighted by Gasteiger charge is 2.19. The Morgan fingerprint density at radius 2 is 0.591 bits per heavy atom. The Kier molecular flexibility index (Phi) is 51.9. The van der Waals surface area contributed by atoms with Crippen LogP contribution in [0, 0.1) is 0 Å². The first kappa shape index (κ1) is 62.8. The second kappa shape index (κ2) is 54.5. The van der Waals surface area contributed by atoms with Gasteiger partial charge in [-0.15, -0.1) is 0 Å². The molecule has 66 heavy (non-hydrogen) atoms. The van der Waals surface area contributed by atoms with Crippen LogP contribution in [0.25, 0.3) is 0 Å². The molecule has 0 aromatic heterocycles. The molecule has 0 bridgehead atoms. The monoisotopic (exact) mass is 921 g/mol. The predicted octanol–water partition coefficient (Wildman–Crippen LogP) is 18.6. The van der Waals surface area contributed by atoms with Crippen LogP contribution in [0.4, 0.5) is 0 Å². The van der Waals surface area contributed by atoms with Gasteiger partial charge in [-0.25, -0.2) is 0 Å². The number of allylic oxidation sites excluding steroid dienone is 12. The molecule has 0 amide bonds. The molecule has 6 nitrogen and oxygen atoms in total. The number of unbranched alkanes of at least 4 members (excludes halogenated alkanes) is 31. The van der Waals surface area contributed by atoms with Crippen LogP contribution in [0.2, 0.25) is 0 Å². The molecule has 0 spiro atoms. The van der Waals surface area contributed by atoms with Gasteiger partial charge < -0.3 is 14.2 Å². The first-order valence-electron chi connectivity index (χ1n) is 28.0. The van der Waals surface area contributed by atoms with Crippen molar-refractivity contribution in [2.75, 3.05) is 13.2 Å². The van der Waals surface area contributed by atoms with Gasteiger partial charge >= 0.3 is 17.9 Å². The molecule has 0 rings (SSSR count). The first-order chi connectivity index (χ1) is 32.5. The Morgan fingerprint density at radius 3 is 0.909 bits per heavy atom. The summed E-state index contributed by atoms with van der Waals surface area (Å²) in [5.74, 6) is -0.921. The second-order valence-electron chi connectivity index (χ2n) is 18.6. The Labute approximate surface area is 408 Å². The highest BCUT2D eigenvalue weighted by atomic mass is 16.6. The summed E-state index contributed by atoms with van der Waals surface area (Å²) in [4.78, 5) is 38.1. The van der Waals surface area contributed by atoms with Crippen molar-refractivity contribution in [3.8, 4) is 0 Å². The number of hydrogen-bond donors (Lipinski definition) is 0. The van der Waals surface area contributed by atoms with Crippen LogP contribution in [-0.4, -0.2) is 37.2 Å². The van der Waals surface area contributed by atoms with Gasteiger partial charge in [0.25, 0.3) is 0 Å². The maximum Gasteiger partial charge on any atom is 0.306 e. The van der Waals surface area contributed by atoms with Gasteiger partial charge in [0.2, 0.25) is 0 Å². The van der Waals surface area contributed by atoms with Crippen LogP contribution < -0.4 is 0 Å². The SMILES string of the molecule is CC/C=C/C=C/C=C/CCCCCCCC(=O)OCC(COC(=O)CCCCCCC/C=C/C=C/C=C/CCCCCCC)OC(=O)CCCCCCCCCCCCCCCCCCC. The van der Waals surface area contributed by atoms with Crippen molar-refractivity contribution < 1.29 is 28.6 Å². The molecule has 0 saturated heterocycles. The topological polar surface area (TPSA) is 78.9 Å². The highest BCUT2D eigenvalue weighted by molar-refractivity contribution is 5.71. The smallest absolute Gasteiger partial charge is 0.306 e. The minimum Gasteiger partial charge on any atom is -0.462 e. The summed E-state index contributed by atoms with van der Waals surface area (Å²) < 4.78 is 16.8. The van der Waals surface area contributed by atoms with Gasteiger partial charge in [0.05, 0.1) is 0 Å². The zero-order valence-electron chi connectivity index (χ0n) is 43.4. The second-order valence-corrected chi connectivity index (χ2v) is 18.6. The summed E-state index contributed by atoms with van der Waals surface area (Å²) in [6.07, 6.45) is 68.9. The van der Waals surface area contributed by atoms with Gasteiger partial charge in [-0.2, -0.15) is 0 Å². The van der Waals surface area contributed by atoms with E-state index < -0.39 is 6.10 Å². The number of carbonyl (C=O) groups is 3. The number of carbonyl (C=O) groups excluding carboxylic acids is 3. The zero-order chi connectivity index (χ0) is 47.9. The normalized spacial score (nSPS) is 12.6. The summed E-state index contributed by atoms with van der Waals surface area (Å²) in [5.41, 5.74) is 0. The van der Waals surface area contributed by atoms with E-state index in [2.05, 4.69) is 93.7 Å². The molecule has 380 valence electrons. The highest BCUT2D eigenvalue weighted by Crippen LogP contribution is 2.16. The molecular weight excluding hydrogens is 817 g/mol. The van der Waals surface area contributed by atoms with Crippen molar-refractivity contribution in [3.05, 3.63) is 72.9 Å². The third-order valence-corrected chi connectivity index (χ3v) is 12.1. The molecule has 0 aromatic rings. The average Bonchev–Trinajstić information content (AvgIpc) is 3.31. The molecule has 0 N–H and O–H groups in total. The maximum atomic E-state index is 12.8. The molecule has 1 unspecified atom stereocenters. The van der Waals surface area contributed by atoms with Crippen molar-refractivity contribution in [1.82, 2.24) is 0 Å². The fraction of sp³-hybridized carbons (Fsp3) is 0.750. The van der Waals surface area contributed by atoms with Crippen molar-refractivity contribution in [1.29, 1.82) is 0 Å². The summed E-state index contributed by atoms with van der Waals surface area (Å²) in [6, 6.07) is 0. The molecule has 0 radical (unpaired) electrons. The van der Waals surface area contributed by atoms with E-state index in [1.165, 1.54) is 128 Å². The molecule has 0 aromatic carbocycles. The minimum absolute atomic E-state index is 0.0911. The largest absolute Gasteiger partial charge is 0.462 e. The van der Waals surface area contributed by atoms with Crippen LogP contribution in [0.15, 0.2) is 72.9 Å². The van der Waals surface area contributed by atoms with Crippen molar-refractivity contribution in [2.24, 2.45) is 0 Å². The Morgan fingerprint density at radius 1 is 0.318 bits per heavy atom. The zero-order valence-corrected chi connectivity index (χ0v) is 43.4. The molecule has 0 aliphatic rings. The molecular formula is C60H104O6. The van der Waals surface area contributed by atoms with Crippen molar-refractivity contribution >= 4 is 17.9 Å². The van der Waals surface area contributed by atoms with Crippen LogP contribution in [-0.2, 0) is 28.6 Å². The van der Waals surface area contributed by atoms with E-state index in [1.54, 1.807) is 0 Å². The summed E-state index contributed by atoms with van der Waals surface area (Å²) in [7, 11) is 0. The molecule has 0 saturated carbocycles. The number of esters is 3. The molecule has 0 fully saturated rings. The third kappa shape index (κ3) is 51.8. The lowest BCUT2D eigenvalue weighted by molar-refractivity contribution is -0.167. The van der Waals surface area contributed by atoms with Crippen LogP contribution in [0.1, 0.15) is 271 Å². The fourth-order valence-corrected chi connectivity index (χ4v) is 7.86. The lowest BCUT2D eigenvalue weighted by atomic mass is 10.0. The van der Waals surface area contributed by atoms with E-state index >= 15 is 0 Å². The number of ether oxygens (including phenoxy) is 3.